The van der Waals surface area contributed by atoms with Crippen LogP contribution in [-0.4, -0.2) is 42.6 Å². The molecule has 4 rings (SSSR count). The van der Waals surface area contributed by atoms with Crippen LogP contribution in [0.3, 0.4) is 0 Å². The van der Waals surface area contributed by atoms with Crippen LogP contribution in [0, 0.1) is 5.92 Å². The number of pyridine rings is 1. The molecule has 2 saturated heterocycles. The molecular weight excluding hydrogens is 246 g/mol. The van der Waals surface area contributed by atoms with E-state index in [9.17, 15) is 0 Å². The highest BCUT2D eigenvalue weighted by atomic mass is 15.3. The molecular formula is C17H19N3. The summed E-state index contributed by atoms with van der Waals surface area (Å²) in [6, 6.07) is 15.4. The molecule has 0 N–H and O–H groups in total. The number of likely N-dealkylation sites (N-methyl/N-ethyl adjacent to an activating group) is 1. The summed E-state index contributed by atoms with van der Waals surface area (Å²) in [6.45, 7) is 3.61. The number of aromatic nitrogens is 1. The van der Waals surface area contributed by atoms with Crippen LogP contribution >= 0.6 is 0 Å². The first-order valence-electron chi connectivity index (χ1n) is 7.28. The Morgan fingerprint density at radius 1 is 1.00 bits per heavy atom. The smallest absolute Gasteiger partial charge is 0.0703 e. The van der Waals surface area contributed by atoms with E-state index in [0.717, 1.165) is 11.6 Å². The molecule has 2 fully saturated rings. The highest BCUT2D eigenvalue weighted by Gasteiger charge is 2.44. The second-order valence-electron chi connectivity index (χ2n) is 5.97. The number of hydrogen-bond donors (Lipinski definition) is 0. The Bertz CT molecular complexity index is 593. The zero-order valence-corrected chi connectivity index (χ0v) is 11.7. The Kier molecular flexibility index (Phi) is 2.74. The van der Waals surface area contributed by atoms with Crippen LogP contribution < -0.4 is 4.90 Å². The number of likely N-dealkylation sites (tertiary alicyclic amines) is 1. The van der Waals surface area contributed by atoms with Crippen molar-refractivity contribution in [3.8, 4) is 11.3 Å². The minimum absolute atomic E-state index is 0.698. The van der Waals surface area contributed by atoms with Gasteiger partial charge in [0.05, 0.1) is 17.6 Å². The molecule has 0 radical (unpaired) electrons. The van der Waals surface area contributed by atoms with E-state index in [-0.39, 0.29) is 0 Å². The molecule has 3 heterocycles. The molecule has 2 aromatic rings. The molecule has 1 aromatic heterocycles. The molecule has 20 heavy (non-hydrogen) atoms. The van der Waals surface area contributed by atoms with Gasteiger partial charge in [0.25, 0.3) is 0 Å². The van der Waals surface area contributed by atoms with Crippen LogP contribution in [0.1, 0.15) is 0 Å². The fourth-order valence-electron chi connectivity index (χ4n) is 3.48. The first kappa shape index (κ1) is 11.9. The minimum atomic E-state index is 0.698. The van der Waals surface area contributed by atoms with Gasteiger partial charge in [0.2, 0.25) is 0 Å². The fraction of sp³-hybridized carbons (Fsp3) is 0.353. The number of benzene rings is 1. The summed E-state index contributed by atoms with van der Waals surface area (Å²) in [6.07, 6.45) is 2.02. The molecule has 0 aliphatic carbocycles. The maximum Gasteiger partial charge on any atom is 0.0703 e. The van der Waals surface area contributed by atoms with Gasteiger partial charge in [-0.25, -0.2) is 0 Å². The predicted molar refractivity (Wildman–Crippen MR) is 81.8 cm³/mol. The largest absolute Gasteiger partial charge is 0.365 e. The van der Waals surface area contributed by atoms with Gasteiger partial charge in [-0.2, -0.15) is 0 Å². The monoisotopic (exact) mass is 265 g/mol. The zero-order chi connectivity index (χ0) is 13.5. The Morgan fingerprint density at radius 3 is 2.55 bits per heavy atom. The van der Waals surface area contributed by atoms with Gasteiger partial charge in [0.1, 0.15) is 0 Å². The quantitative estimate of drug-likeness (QED) is 0.831. The van der Waals surface area contributed by atoms with Crippen molar-refractivity contribution in [2.24, 2.45) is 5.92 Å². The lowest BCUT2D eigenvalue weighted by atomic mass is 9.91. The van der Waals surface area contributed by atoms with E-state index in [2.05, 4.69) is 58.2 Å². The summed E-state index contributed by atoms with van der Waals surface area (Å²) >= 11 is 0. The van der Waals surface area contributed by atoms with Gasteiger partial charge >= 0.3 is 0 Å². The summed E-state index contributed by atoms with van der Waals surface area (Å²) in [5, 5.41) is 0. The van der Waals surface area contributed by atoms with E-state index in [4.69, 9.17) is 0 Å². The van der Waals surface area contributed by atoms with E-state index in [0.29, 0.717) is 6.04 Å². The Balaban J connectivity index is 1.54. The van der Waals surface area contributed by atoms with Crippen LogP contribution in [-0.2, 0) is 0 Å². The molecule has 102 valence electrons. The number of hydrogen-bond acceptors (Lipinski definition) is 3. The first-order valence-corrected chi connectivity index (χ1v) is 7.28. The van der Waals surface area contributed by atoms with Gasteiger partial charge < -0.3 is 9.80 Å². The molecule has 3 nitrogen and oxygen atoms in total. The lowest BCUT2D eigenvalue weighted by Crippen LogP contribution is -2.55. The number of nitrogens with zero attached hydrogens (tertiary/aromatic N) is 3. The summed E-state index contributed by atoms with van der Waals surface area (Å²) in [7, 11) is 2.22. The van der Waals surface area contributed by atoms with E-state index >= 15 is 0 Å². The molecule has 0 spiro atoms. The number of anilines is 1. The van der Waals surface area contributed by atoms with Gasteiger partial charge in [0.15, 0.2) is 0 Å². The van der Waals surface area contributed by atoms with Gasteiger partial charge in [-0.1, -0.05) is 30.3 Å². The second-order valence-corrected chi connectivity index (χ2v) is 5.97. The van der Waals surface area contributed by atoms with Crippen molar-refractivity contribution in [2.75, 3.05) is 31.6 Å². The molecule has 0 saturated carbocycles. The topological polar surface area (TPSA) is 19.4 Å². The molecule has 0 unspecified atom stereocenters. The van der Waals surface area contributed by atoms with Crippen LogP contribution in [0.5, 0.6) is 0 Å². The number of rotatable bonds is 2. The third-order valence-corrected chi connectivity index (χ3v) is 4.57. The third-order valence-electron chi connectivity index (χ3n) is 4.57. The average Bonchev–Trinajstić information content (AvgIpc) is 2.77. The van der Waals surface area contributed by atoms with Gasteiger partial charge in [-0.05, 0) is 19.2 Å². The molecule has 2 aliphatic rings. The third kappa shape index (κ3) is 1.90. The summed E-state index contributed by atoms with van der Waals surface area (Å²) < 4.78 is 0. The molecule has 0 bridgehead atoms. The summed E-state index contributed by atoms with van der Waals surface area (Å²) in [5.41, 5.74) is 3.50. The van der Waals surface area contributed by atoms with E-state index in [1.165, 1.54) is 30.9 Å². The van der Waals surface area contributed by atoms with E-state index in [1.54, 1.807) is 0 Å². The van der Waals surface area contributed by atoms with Gasteiger partial charge in [0, 0.05) is 37.2 Å². The van der Waals surface area contributed by atoms with Gasteiger partial charge in [-0.3, -0.25) is 4.98 Å². The minimum Gasteiger partial charge on any atom is -0.365 e. The lowest BCUT2D eigenvalue weighted by Gasteiger charge is -2.45. The molecule has 1 aromatic carbocycles. The normalized spacial score (nSPS) is 25.4. The van der Waals surface area contributed by atoms with Crippen molar-refractivity contribution in [1.29, 1.82) is 0 Å². The average molecular weight is 265 g/mol. The van der Waals surface area contributed by atoms with Crippen molar-refractivity contribution in [1.82, 2.24) is 9.88 Å². The molecule has 0 amide bonds. The maximum atomic E-state index is 4.63. The standard InChI is InChI=1S/C17H19N3/c1-19-10-14-11-20(17(14)12-19)15-7-8-16(18-9-15)13-5-3-2-4-6-13/h2-9,14,17H,10-12H2,1H3/t14-,17-/m1/s1. The Labute approximate surface area is 119 Å². The summed E-state index contributed by atoms with van der Waals surface area (Å²) in [4.78, 5) is 9.56. The number of fused-ring (bicyclic) bond motifs is 1. The molecule has 3 heteroatoms. The van der Waals surface area contributed by atoms with Crippen LogP contribution in [0.4, 0.5) is 5.69 Å². The zero-order valence-electron chi connectivity index (χ0n) is 11.7. The first-order chi connectivity index (χ1) is 9.81. The van der Waals surface area contributed by atoms with Crippen molar-refractivity contribution in [2.45, 2.75) is 6.04 Å². The van der Waals surface area contributed by atoms with Crippen LogP contribution in [0.25, 0.3) is 11.3 Å². The molecule has 2 aliphatic heterocycles. The van der Waals surface area contributed by atoms with E-state index < -0.39 is 0 Å². The highest BCUT2D eigenvalue weighted by molar-refractivity contribution is 5.62. The Morgan fingerprint density at radius 2 is 1.85 bits per heavy atom. The van der Waals surface area contributed by atoms with Crippen molar-refractivity contribution < 1.29 is 0 Å². The predicted octanol–water partition coefficient (Wildman–Crippen LogP) is 2.50. The highest BCUT2D eigenvalue weighted by Crippen LogP contribution is 2.35. The molecule has 2 atom stereocenters. The lowest BCUT2D eigenvalue weighted by molar-refractivity contribution is 0.361. The van der Waals surface area contributed by atoms with Gasteiger partial charge in [-0.15, -0.1) is 0 Å². The van der Waals surface area contributed by atoms with Crippen molar-refractivity contribution >= 4 is 5.69 Å². The Hall–Kier alpha value is -1.87. The van der Waals surface area contributed by atoms with Crippen molar-refractivity contribution in [3.63, 3.8) is 0 Å². The maximum absolute atomic E-state index is 4.63. The van der Waals surface area contributed by atoms with E-state index in [1.807, 2.05) is 12.3 Å². The fourth-order valence-corrected chi connectivity index (χ4v) is 3.48. The second kappa shape index (κ2) is 4.60. The van der Waals surface area contributed by atoms with Crippen molar-refractivity contribution in [3.05, 3.63) is 48.7 Å². The SMILES string of the molecule is CN1C[C@@H]2CN(c3ccc(-c4ccccc4)nc3)[C@@H]2C1. The summed E-state index contributed by atoms with van der Waals surface area (Å²) in [5.74, 6) is 0.855. The van der Waals surface area contributed by atoms with Crippen LogP contribution in [0.2, 0.25) is 0 Å². The van der Waals surface area contributed by atoms with Crippen LogP contribution in [0.15, 0.2) is 48.7 Å².